The van der Waals surface area contributed by atoms with Crippen molar-refractivity contribution in [3.05, 3.63) is 83.3 Å². The number of carbonyl (C=O) groups is 2. The van der Waals surface area contributed by atoms with E-state index in [1.54, 1.807) is 12.3 Å². The van der Waals surface area contributed by atoms with E-state index in [0.29, 0.717) is 62.9 Å². The largest absolute Gasteiger partial charge is 0.416 e. The number of carbonyl (C=O) groups excluding carboxylic acids is 2. The van der Waals surface area contributed by atoms with Crippen molar-refractivity contribution in [2.45, 2.75) is 24.9 Å². The molecule has 1 aromatic heterocycles. The number of alkyl halides is 3. The molecule has 7 nitrogen and oxygen atoms in total. The maximum absolute atomic E-state index is 14.2. The van der Waals surface area contributed by atoms with Gasteiger partial charge >= 0.3 is 6.18 Å². The molecule has 11 heteroatoms. The third kappa shape index (κ3) is 5.46. The Kier molecular flexibility index (Phi) is 7.00. The quantitative estimate of drug-likeness (QED) is 0.486. The zero-order valence-electron chi connectivity index (χ0n) is 20.3. The Morgan fingerprint density at radius 1 is 0.974 bits per heavy atom. The van der Waals surface area contributed by atoms with Gasteiger partial charge in [-0.05, 0) is 66.8 Å². The number of benzene rings is 2. The SMILES string of the molecule is O=C(Nc1ccc(C2CCN(C(=O)c3cc(C(F)(F)F)ccc3F)CC2)cc1)C1CN(c2cccnn2)C1. The molecule has 0 bridgehead atoms. The molecule has 0 spiro atoms. The molecule has 0 saturated carbocycles. The molecule has 0 radical (unpaired) electrons. The number of halogens is 4. The van der Waals surface area contributed by atoms with Crippen LogP contribution < -0.4 is 10.2 Å². The number of anilines is 2. The summed E-state index contributed by atoms with van der Waals surface area (Å²) in [5.74, 6) is -1.02. The van der Waals surface area contributed by atoms with E-state index in [1.807, 2.05) is 35.2 Å². The average Bonchev–Trinajstić information content (AvgIpc) is 2.88. The number of hydrogen-bond acceptors (Lipinski definition) is 5. The molecule has 2 fully saturated rings. The fraction of sp³-hybridized carbons (Fsp3) is 0.333. The van der Waals surface area contributed by atoms with Crippen molar-refractivity contribution in [2.75, 3.05) is 36.4 Å². The molecule has 38 heavy (non-hydrogen) atoms. The summed E-state index contributed by atoms with van der Waals surface area (Å²) in [7, 11) is 0. The molecular weight excluding hydrogens is 502 g/mol. The Morgan fingerprint density at radius 2 is 1.68 bits per heavy atom. The highest BCUT2D eigenvalue weighted by Crippen LogP contribution is 2.33. The van der Waals surface area contributed by atoms with Crippen LogP contribution in [0.3, 0.4) is 0 Å². The van der Waals surface area contributed by atoms with Crippen LogP contribution in [0.15, 0.2) is 60.8 Å². The normalized spacial score (nSPS) is 16.7. The summed E-state index contributed by atoms with van der Waals surface area (Å²) in [5.41, 5.74) is 0.108. The molecular formula is C27H25F4N5O2. The Bertz CT molecular complexity index is 1300. The van der Waals surface area contributed by atoms with Crippen LogP contribution in [0.2, 0.25) is 0 Å². The summed E-state index contributed by atoms with van der Waals surface area (Å²) in [6.45, 7) is 1.76. The van der Waals surface area contributed by atoms with Gasteiger partial charge in [-0.2, -0.15) is 18.3 Å². The van der Waals surface area contributed by atoms with E-state index in [2.05, 4.69) is 15.5 Å². The van der Waals surface area contributed by atoms with Gasteiger partial charge in [-0.25, -0.2) is 4.39 Å². The molecule has 2 aromatic carbocycles. The van der Waals surface area contributed by atoms with Crippen molar-refractivity contribution in [1.29, 1.82) is 0 Å². The second-order valence-corrected chi connectivity index (χ2v) is 9.55. The topological polar surface area (TPSA) is 78.4 Å². The van der Waals surface area contributed by atoms with E-state index in [1.165, 1.54) is 4.90 Å². The van der Waals surface area contributed by atoms with E-state index in [-0.39, 0.29) is 17.7 Å². The summed E-state index contributed by atoms with van der Waals surface area (Å²) >= 11 is 0. The van der Waals surface area contributed by atoms with Crippen molar-refractivity contribution in [3.8, 4) is 0 Å². The Morgan fingerprint density at radius 3 is 2.32 bits per heavy atom. The molecule has 198 valence electrons. The number of piperidine rings is 1. The molecule has 2 amide bonds. The highest BCUT2D eigenvalue weighted by molar-refractivity contribution is 5.95. The monoisotopic (exact) mass is 527 g/mol. The first-order chi connectivity index (χ1) is 18.2. The van der Waals surface area contributed by atoms with Gasteiger partial charge in [0.25, 0.3) is 5.91 Å². The third-order valence-corrected chi connectivity index (χ3v) is 7.09. The zero-order chi connectivity index (χ0) is 26.9. The zero-order valence-corrected chi connectivity index (χ0v) is 20.3. The molecule has 5 rings (SSSR count). The molecule has 3 heterocycles. The third-order valence-electron chi connectivity index (χ3n) is 7.09. The van der Waals surface area contributed by atoms with Crippen LogP contribution in [0.5, 0.6) is 0 Å². The summed E-state index contributed by atoms with van der Waals surface area (Å²) in [5, 5.41) is 10.8. The molecule has 0 aliphatic carbocycles. The van der Waals surface area contributed by atoms with Gasteiger partial charge < -0.3 is 15.1 Å². The van der Waals surface area contributed by atoms with Crippen molar-refractivity contribution < 1.29 is 27.2 Å². The standard InChI is InChI=1S/C27H25F4N5O2/c28-23-8-5-20(27(29,30)31)14-22(23)26(38)35-12-9-18(10-13-35)17-3-6-21(7-4-17)33-25(37)19-15-36(16-19)24-2-1-11-32-34-24/h1-8,11,14,18-19H,9-10,12-13,15-16H2,(H,33,37). The summed E-state index contributed by atoms with van der Waals surface area (Å²) in [4.78, 5) is 28.7. The predicted molar refractivity (Wildman–Crippen MR) is 132 cm³/mol. The number of amides is 2. The van der Waals surface area contributed by atoms with E-state index >= 15 is 0 Å². The number of nitrogens with one attached hydrogen (secondary N) is 1. The minimum Gasteiger partial charge on any atom is -0.353 e. The second-order valence-electron chi connectivity index (χ2n) is 9.55. The molecule has 0 atom stereocenters. The number of hydrogen-bond donors (Lipinski definition) is 1. The number of aromatic nitrogens is 2. The average molecular weight is 528 g/mol. The summed E-state index contributed by atoms with van der Waals surface area (Å²) < 4.78 is 53.2. The Labute approximate surface area is 216 Å². The fourth-order valence-corrected chi connectivity index (χ4v) is 4.83. The van der Waals surface area contributed by atoms with Crippen LogP contribution in [0, 0.1) is 11.7 Å². The van der Waals surface area contributed by atoms with Gasteiger partial charge in [0.2, 0.25) is 5.91 Å². The first-order valence-electron chi connectivity index (χ1n) is 12.3. The lowest BCUT2D eigenvalue weighted by Gasteiger charge is -2.38. The van der Waals surface area contributed by atoms with Gasteiger partial charge in [-0.1, -0.05) is 12.1 Å². The lowest BCUT2D eigenvalue weighted by molar-refractivity contribution is -0.137. The van der Waals surface area contributed by atoms with Crippen LogP contribution in [0.4, 0.5) is 29.1 Å². The van der Waals surface area contributed by atoms with Gasteiger partial charge in [-0.15, -0.1) is 5.10 Å². The van der Waals surface area contributed by atoms with E-state index < -0.39 is 29.0 Å². The highest BCUT2D eigenvalue weighted by atomic mass is 19.4. The van der Waals surface area contributed by atoms with Crippen molar-refractivity contribution in [2.24, 2.45) is 5.92 Å². The van der Waals surface area contributed by atoms with Crippen LogP contribution in [-0.2, 0) is 11.0 Å². The minimum atomic E-state index is -4.66. The molecule has 3 aromatic rings. The molecule has 1 N–H and O–H groups in total. The lowest BCUT2D eigenvalue weighted by atomic mass is 9.89. The van der Waals surface area contributed by atoms with Crippen molar-refractivity contribution in [1.82, 2.24) is 15.1 Å². The number of rotatable bonds is 5. The van der Waals surface area contributed by atoms with Gasteiger partial charge in [0, 0.05) is 38.1 Å². The van der Waals surface area contributed by atoms with Gasteiger partial charge in [0.05, 0.1) is 17.0 Å². The number of likely N-dealkylation sites (tertiary alicyclic amines) is 1. The minimum absolute atomic E-state index is 0.0634. The second kappa shape index (κ2) is 10.4. The summed E-state index contributed by atoms with van der Waals surface area (Å²) in [6, 6.07) is 13.1. The maximum Gasteiger partial charge on any atom is 0.416 e. The lowest BCUT2D eigenvalue weighted by Crippen LogP contribution is -2.52. The van der Waals surface area contributed by atoms with Crippen LogP contribution in [0.25, 0.3) is 0 Å². The fourth-order valence-electron chi connectivity index (χ4n) is 4.83. The van der Waals surface area contributed by atoms with Crippen molar-refractivity contribution >= 4 is 23.3 Å². The van der Waals surface area contributed by atoms with E-state index in [9.17, 15) is 27.2 Å². The van der Waals surface area contributed by atoms with Crippen LogP contribution in [0.1, 0.15) is 40.2 Å². The Hall–Kier alpha value is -4.02. The molecule has 2 aliphatic heterocycles. The van der Waals surface area contributed by atoms with Crippen molar-refractivity contribution in [3.63, 3.8) is 0 Å². The van der Waals surface area contributed by atoms with Gasteiger partial charge in [0.15, 0.2) is 5.82 Å². The van der Waals surface area contributed by atoms with Crippen LogP contribution in [-0.4, -0.2) is 53.1 Å². The van der Waals surface area contributed by atoms with Gasteiger partial charge in [0.1, 0.15) is 5.82 Å². The molecule has 0 unspecified atom stereocenters. The van der Waals surface area contributed by atoms with E-state index in [0.717, 1.165) is 11.4 Å². The summed E-state index contributed by atoms with van der Waals surface area (Å²) in [6.07, 6.45) is -1.87. The highest BCUT2D eigenvalue weighted by Gasteiger charge is 2.34. The Balaban J connectivity index is 1.13. The predicted octanol–water partition coefficient (Wildman–Crippen LogP) is 4.73. The van der Waals surface area contributed by atoms with E-state index in [4.69, 9.17) is 0 Å². The van der Waals surface area contributed by atoms with Gasteiger partial charge in [-0.3, -0.25) is 9.59 Å². The first kappa shape index (κ1) is 25.6. The molecule has 2 aliphatic rings. The van der Waals surface area contributed by atoms with Crippen LogP contribution >= 0.6 is 0 Å². The molecule has 2 saturated heterocycles. The first-order valence-corrected chi connectivity index (χ1v) is 12.3. The smallest absolute Gasteiger partial charge is 0.353 e. The number of nitrogens with zero attached hydrogens (tertiary/aromatic N) is 4. The maximum atomic E-state index is 14.2.